The maximum Gasteiger partial charge on any atom is 0.223 e. The van der Waals surface area contributed by atoms with Crippen LogP contribution in [-0.4, -0.2) is 5.91 Å². The van der Waals surface area contributed by atoms with Gasteiger partial charge in [0, 0.05) is 16.9 Å². The summed E-state index contributed by atoms with van der Waals surface area (Å²) >= 11 is 3.46. The van der Waals surface area contributed by atoms with Crippen molar-refractivity contribution in [1.29, 1.82) is 0 Å². The van der Waals surface area contributed by atoms with Gasteiger partial charge in [-0.1, -0.05) is 48.8 Å². The summed E-state index contributed by atoms with van der Waals surface area (Å²) in [5.41, 5.74) is 1.51. The van der Waals surface area contributed by atoms with Crippen LogP contribution in [0.3, 0.4) is 0 Å². The molecule has 1 aliphatic rings. The molecule has 1 saturated carbocycles. The second-order valence-electron chi connectivity index (χ2n) is 7.26. The van der Waals surface area contributed by atoms with Gasteiger partial charge in [0.25, 0.3) is 0 Å². The fourth-order valence-electron chi connectivity index (χ4n) is 3.20. The Morgan fingerprint density at radius 2 is 1.90 bits per heavy atom. The van der Waals surface area contributed by atoms with Crippen molar-refractivity contribution in [2.75, 3.05) is 0 Å². The Kier molecular flexibility index (Phi) is 5.48. The van der Waals surface area contributed by atoms with Crippen LogP contribution in [0.4, 0.5) is 0 Å². The Balaban J connectivity index is 1.80. The van der Waals surface area contributed by atoms with Crippen molar-refractivity contribution in [2.45, 2.75) is 53.0 Å². The van der Waals surface area contributed by atoms with Gasteiger partial charge in [0.05, 0.1) is 0 Å². The van der Waals surface area contributed by atoms with Crippen LogP contribution < -0.4 is 5.32 Å². The minimum Gasteiger partial charge on any atom is -0.352 e. The van der Waals surface area contributed by atoms with Gasteiger partial charge in [0.2, 0.25) is 5.91 Å². The van der Waals surface area contributed by atoms with Gasteiger partial charge in [-0.15, -0.1) is 0 Å². The van der Waals surface area contributed by atoms with E-state index in [0.29, 0.717) is 12.0 Å². The topological polar surface area (TPSA) is 29.1 Å². The highest BCUT2D eigenvalue weighted by molar-refractivity contribution is 9.10. The fourth-order valence-corrected chi connectivity index (χ4v) is 3.65. The number of carbonyl (C=O) groups excluding carboxylic acids is 1. The monoisotopic (exact) mass is 351 g/mol. The maximum absolute atomic E-state index is 12.3. The molecule has 2 nitrogen and oxygen atoms in total. The van der Waals surface area contributed by atoms with Crippen molar-refractivity contribution in [3.8, 4) is 0 Å². The van der Waals surface area contributed by atoms with Crippen LogP contribution >= 0.6 is 15.9 Å². The van der Waals surface area contributed by atoms with Crippen LogP contribution in [0.5, 0.6) is 0 Å². The molecule has 1 aromatic carbocycles. The molecule has 0 saturated heterocycles. The Hall–Kier alpha value is -0.830. The molecule has 21 heavy (non-hydrogen) atoms. The van der Waals surface area contributed by atoms with Crippen LogP contribution in [-0.2, 0) is 11.3 Å². The first-order valence-corrected chi connectivity index (χ1v) is 8.67. The first-order chi connectivity index (χ1) is 9.86. The molecule has 0 bridgehead atoms. The number of rotatable bonds is 3. The van der Waals surface area contributed by atoms with Crippen molar-refractivity contribution in [2.24, 2.45) is 17.3 Å². The molecule has 3 heteroatoms. The number of benzene rings is 1. The van der Waals surface area contributed by atoms with E-state index in [1.807, 2.05) is 18.2 Å². The predicted octanol–water partition coefficient (Wildman–Crippen LogP) is 4.92. The van der Waals surface area contributed by atoms with Gasteiger partial charge in [-0.3, -0.25) is 4.79 Å². The molecule has 1 fully saturated rings. The summed E-state index contributed by atoms with van der Waals surface area (Å²) in [6.45, 7) is 7.56. The maximum atomic E-state index is 12.3. The summed E-state index contributed by atoms with van der Waals surface area (Å²) in [7, 11) is 0. The number of hydrogen-bond acceptors (Lipinski definition) is 1. The summed E-state index contributed by atoms with van der Waals surface area (Å²) in [6, 6.07) is 8.09. The summed E-state index contributed by atoms with van der Waals surface area (Å²) in [6.07, 6.45) is 4.43. The Morgan fingerprint density at radius 1 is 1.24 bits per heavy atom. The molecule has 1 aromatic rings. The highest BCUT2D eigenvalue weighted by Crippen LogP contribution is 2.39. The molecule has 1 N–H and O–H groups in total. The SMILES string of the molecule is CC(C)(C)C1CCC(C(=O)NCc2cccc(Br)c2)CC1. The molecule has 0 spiro atoms. The largest absolute Gasteiger partial charge is 0.352 e. The summed E-state index contributed by atoms with van der Waals surface area (Å²) in [5.74, 6) is 1.18. The molecular formula is C18H26BrNO. The van der Waals surface area contributed by atoms with E-state index in [1.165, 1.54) is 12.8 Å². The third-order valence-corrected chi connectivity index (χ3v) is 5.17. The van der Waals surface area contributed by atoms with Gasteiger partial charge in [-0.25, -0.2) is 0 Å². The molecule has 116 valence electrons. The van der Waals surface area contributed by atoms with Crippen molar-refractivity contribution < 1.29 is 4.79 Å². The van der Waals surface area contributed by atoms with Crippen molar-refractivity contribution in [3.05, 3.63) is 34.3 Å². The van der Waals surface area contributed by atoms with Crippen LogP contribution in [0.1, 0.15) is 52.0 Å². The highest BCUT2D eigenvalue weighted by atomic mass is 79.9. The van der Waals surface area contributed by atoms with Gasteiger partial charge in [-0.05, 0) is 54.7 Å². The first kappa shape index (κ1) is 16.5. The molecule has 0 aliphatic heterocycles. The molecule has 0 unspecified atom stereocenters. The fraction of sp³-hybridized carbons (Fsp3) is 0.611. The molecule has 2 rings (SSSR count). The summed E-state index contributed by atoms with van der Waals surface area (Å²) < 4.78 is 1.06. The van der Waals surface area contributed by atoms with Crippen LogP contribution in [0.15, 0.2) is 28.7 Å². The zero-order valence-electron chi connectivity index (χ0n) is 13.3. The number of amides is 1. The average Bonchev–Trinajstić information content (AvgIpc) is 2.44. The smallest absolute Gasteiger partial charge is 0.223 e. The van der Waals surface area contributed by atoms with E-state index >= 15 is 0 Å². The quantitative estimate of drug-likeness (QED) is 0.822. The van der Waals surface area contributed by atoms with Crippen LogP contribution in [0.2, 0.25) is 0 Å². The number of carbonyl (C=O) groups is 1. The van der Waals surface area contributed by atoms with Gasteiger partial charge >= 0.3 is 0 Å². The van der Waals surface area contributed by atoms with Crippen molar-refractivity contribution in [1.82, 2.24) is 5.32 Å². The van der Waals surface area contributed by atoms with E-state index in [2.05, 4.69) is 48.1 Å². The second kappa shape index (κ2) is 6.95. The number of halogens is 1. The predicted molar refractivity (Wildman–Crippen MR) is 90.9 cm³/mol. The lowest BCUT2D eigenvalue weighted by Gasteiger charge is -2.36. The summed E-state index contributed by atoms with van der Waals surface area (Å²) in [5, 5.41) is 3.09. The molecule has 0 radical (unpaired) electrons. The lowest BCUT2D eigenvalue weighted by Crippen LogP contribution is -2.35. The van der Waals surface area contributed by atoms with Gasteiger partial charge in [-0.2, -0.15) is 0 Å². The Labute approximate surface area is 136 Å². The van der Waals surface area contributed by atoms with Crippen LogP contribution in [0.25, 0.3) is 0 Å². The second-order valence-corrected chi connectivity index (χ2v) is 8.18. The van der Waals surface area contributed by atoms with E-state index in [4.69, 9.17) is 0 Å². The first-order valence-electron chi connectivity index (χ1n) is 7.88. The van der Waals surface area contributed by atoms with Gasteiger partial charge < -0.3 is 5.32 Å². The van der Waals surface area contributed by atoms with Gasteiger partial charge in [0.1, 0.15) is 0 Å². The number of nitrogens with one attached hydrogen (secondary N) is 1. The molecule has 1 aliphatic carbocycles. The molecule has 0 atom stereocenters. The van der Waals surface area contributed by atoms with E-state index in [0.717, 1.165) is 28.8 Å². The normalized spacial score (nSPS) is 22.9. The number of hydrogen-bond donors (Lipinski definition) is 1. The van der Waals surface area contributed by atoms with E-state index < -0.39 is 0 Å². The minimum absolute atomic E-state index is 0.204. The van der Waals surface area contributed by atoms with E-state index in [1.54, 1.807) is 0 Å². The highest BCUT2D eigenvalue weighted by Gasteiger charge is 2.32. The van der Waals surface area contributed by atoms with E-state index in [-0.39, 0.29) is 11.8 Å². The molecule has 0 aromatic heterocycles. The molecular weight excluding hydrogens is 326 g/mol. The lowest BCUT2D eigenvalue weighted by molar-refractivity contribution is -0.126. The minimum atomic E-state index is 0.204. The zero-order chi connectivity index (χ0) is 15.5. The van der Waals surface area contributed by atoms with Gasteiger partial charge in [0.15, 0.2) is 0 Å². The van der Waals surface area contributed by atoms with Crippen molar-refractivity contribution in [3.63, 3.8) is 0 Å². The third kappa shape index (κ3) is 4.84. The van der Waals surface area contributed by atoms with Crippen LogP contribution in [0, 0.1) is 17.3 Å². The Bertz CT molecular complexity index is 484. The van der Waals surface area contributed by atoms with E-state index in [9.17, 15) is 4.79 Å². The third-order valence-electron chi connectivity index (χ3n) is 4.68. The Morgan fingerprint density at radius 3 is 2.48 bits per heavy atom. The average molecular weight is 352 g/mol. The summed E-state index contributed by atoms with van der Waals surface area (Å²) in [4.78, 5) is 12.3. The molecule has 1 amide bonds. The lowest BCUT2D eigenvalue weighted by atomic mass is 9.69. The standard InChI is InChI=1S/C18H26BrNO/c1-18(2,3)15-9-7-14(8-10-15)17(21)20-12-13-5-4-6-16(19)11-13/h4-6,11,14-15H,7-10,12H2,1-3H3,(H,20,21). The molecule has 0 heterocycles. The zero-order valence-corrected chi connectivity index (χ0v) is 14.9. The van der Waals surface area contributed by atoms with Crippen molar-refractivity contribution >= 4 is 21.8 Å².